The molecule has 2 saturated heterocycles. The van der Waals surface area contributed by atoms with Gasteiger partial charge in [-0.3, -0.25) is 19.2 Å². The van der Waals surface area contributed by atoms with Gasteiger partial charge in [-0.1, -0.05) is 85.8 Å². The molecule has 5 rings (SSSR count). The lowest BCUT2D eigenvalue weighted by Gasteiger charge is -2.33. The molecule has 3 aromatic rings. The smallest absolute Gasteiger partial charge is 0.251 e. The van der Waals surface area contributed by atoms with E-state index in [2.05, 4.69) is 16.0 Å². The molecule has 2 fully saturated rings. The summed E-state index contributed by atoms with van der Waals surface area (Å²) in [4.78, 5) is 55.8. The monoisotopic (exact) mass is 595 g/mol. The number of carbonyl (C=O) groups is 4. The summed E-state index contributed by atoms with van der Waals surface area (Å²) in [6.07, 6.45) is 2.89. The van der Waals surface area contributed by atoms with Gasteiger partial charge in [0.25, 0.3) is 5.91 Å². The highest BCUT2D eigenvalue weighted by molar-refractivity contribution is 5.95. The lowest BCUT2D eigenvalue weighted by atomic mass is 9.92. The van der Waals surface area contributed by atoms with E-state index in [9.17, 15) is 19.2 Å². The highest BCUT2D eigenvalue weighted by Gasteiger charge is 2.48. The number of rotatable bonds is 10. The summed E-state index contributed by atoms with van der Waals surface area (Å²) < 4.78 is 0. The molecule has 4 unspecified atom stereocenters. The fourth-order valence-electron chi connectivity index (χ4n) is 6.34. The predicted molar refractivity (Wildman–Crippen MR) is 168 cm³/mol. The topological polar surface area (TPSA) is 134 Å². The van der Waals surface area contributed by atoms with E-state index >= 15 is 0 Å². The second-order valence-electron chi connectivity index (χ2n) is 11.7. The molecule has 2 aliphatic heterocycles. The number of fused-ring (bicyclic) bond motifs is 1. The normalized spacial score (nSPS) is 22.1. The minimum atomic E-state index is -0.923. The summed E-state index contributed by atoms with van der Waals surface area (Å²) in [5.41, 5.74) is 8.44. The second kappa shape index (κ2) is 14.3. The molecule has 0 saturated carbocycles. The first kappa shape index (κ1) is 30.9. The van der Waals surface area contributed by atoms with Gasteiger partial charge in [0.2, 0.25) is 17.7 Å². The third-order valence-corrected chi connectivity index (χ3v) is 8.86. The molecule has 0 aromatic heterocycles. The van der Waals surface area contributed by atoms with E-state index < -0.39 is 24.0 Å². The standard InChI is InChI=1S/C35H41N5O4/c1-2-28(36)33(42)39-31-26(22-37-32(41)25-16-10-5-11-17-25)18-19-27-20-21-29(40(27)35(31)44)34(43)38-30(23-12-6-3-7-13-23)24-14-8-4-9-15-24/h3-17,26-31H,2,18-22,36H2,1H3,(H,37,41)(H,38,43)(H,39,42)/t26?,27?,28-,29?,31?/m0/s1. The van der Waals surface area contributed by atoms with E-state index in [0.717, 1.165) is 11.1 Å². The van der Waals surface area contributed by atoms with Crippen LogP contribution in [0.5, 0.6) is 0 Å². The van der Waals surface area contributed by atoms with Crippen molar-refractivity contribution in [2.45, 2.75) is 69.2 Å². The van der Waals surface area contributed by atoms with Crippen LogP contribution in [0.15, 0.2) is 91.0 Å². The van der Waals surface area contributed by atoms with Crippen LogP contribution in [-0.2, 0) is 14.4 Å². The van der Waals surface area contributed by atoms with Crippen LogP contribution in [0.3, 0.4) is 0 Å². The Morgan fingerprint density at radius 1 is 0.841 bits per heavy atom. The molecule has 44 heavy (non-hydrogen) atoms. The van der Waals surface area contributed by atoms with Gasteiger partial charge in [-0.05, 0) is 55.4 Å². The number of hydrogen-bond donors (Lipinski definition) is 4. The van der Waals surface area contributed by atoms with E-state index in [1.807, 2.05) is 73.7 Å². The molecule has 5 N–H and O–H groups in total. The fourth-order valence-corrected chi connectivity index (χ4v) is 6.34. The highest BCUT2D eigenvalue weighted by Crippen LogP contribution is 2.35. The Morgan fingerprint density at radius 3 is 2.00 bits per heavy atom. The zero-order valence-electron chi connectivity index (χ0n) is 25.0. The van der Waals surface area contributed by atoms with Crippen molar-refractivity contribution in [3.05, 3.63) is 108 Å². The van der Waals surface area contributed by atoms with Crippen LogP contribution in [0, 0.1) is 5.92 Å². The van der Waals surface area contributed by atoms with Crippen LogP contribution in [0.2, 0.25) is 0 Å². The van der Waals surface area contributed by atoms with Crippen LogP contribution in [0.1, 0.15) is 66.6 Å². The lowest BCUT2D eigenvalue weighted by Crippen LogP contribution is -2.59. The van der Waals surface area contributed by atoms with Gasteiger partial charge in [0.15, 0.2) is 0 Å². The molecule has 0 aliphatic carbocycles. The van der Waals surface area contributed by atoms with Crippen molar-refractivity contribution in [1.29, 1.82) is 0 Å². The largest absolute Gasteiger partial charge is 0.352 e. The molecule has 4 amide bonds. The van der Waals surface area contributed by atoms with Gasteiger partial charge in [0.1, 0.15) is 12.1 Å². The number of hydrogen-bond acceptors (Lipinski definition) is 5. The van der Waals surface area contributed by atoms with E-state index in [1.54, 1.807) is 29.2 Å². The average molecular weight is 596 g/mol. The molecule has 230 valence electrons. The number of nitrogens with zero attached hydrogens (tertiary/aromatic N) is 1. The Labute approximate surface area is 258 Å². The summed E-state index contributed by atoms with van der Waals surface area (Å²) in [7, 11) is 0. The number of nitrogens with one attached hydrogen (secondary N) is 3. The minimum absolute atomic E-state index is 0.140. The van der Waals surface area contributed by atoms with Crippen LogP contribution < -0.4 is 21.7 Å². The summed E-state index contributed by atoms with van der Waals surface area (Å²) in [6.45, 7) is 2.01. The Balaban J connectivity index is 1.37. The molecule has 3 aromatic carbocycles. The second-order valence-corrected chi connectivity index (χ2v) is 11.7. The lowest BCUT2D eigenvalue weighted by molar-refractivity contribution is -0.143. The van der Waals surface area contributed by atoms with E-state index in [0.29, 0.717) is 37.7 Å². The van der Waals surface area contributed by atoms with Gasteiger partial charge in [-0.25, -0.2) is 0 Å². The van der Waals surface area contributed by atoms with E-state index in [1.165, 1.54) is 0 Å². The predicted octanol–water partition coefficient (Wildman–Crippen LogP) is 3.31. The summed E-state index contributed by atoms with van der Waals surface area (Å²) in [6, 6.07) is 25.5. The summed E-state index contributed by atoms with van der Waals surface area (Å²) >= 11 is 0. The van der Waals surface area contributed by atoms with Crippen molar-refractivity contribution >= 4 is 23.6 Å². The number of amides is 4. The van der Waals surface area contributed by atoms with Gasteiger partial charge in [-0.15, -0.1) is 0 Å². The van der Waals surface area contributed by atoms with Gasteiger partial charge in [0.05, 0.1) is 12.1 Å². The Bertz CT molecular complexity index is 1400. The maximum Gasteiger partial charge on any atom is 0.251 e. The molecule has 5 atom stereocenters. The molecule has 9 heteroatoms. The van der Waals surface area contributed by atoms with Gasteiger partial charge >= 0.3 is 0 Å². The van der Waals surface area contributed by atoms with Crippen molar-refractivity contribution in [2.75, 3.05) is 6.54 Å². The van der Waals surface area contributed by atoms with Crippen molar-refractivity contribution in [3.63, 3.8) is 0 Å². The van der Waals surface area contributed by atoms with Crippen LogP contribution in [0.25, 0.3) is 0 Å². The summed E-state index contributed by atoms with van der Waals surface area (Å²) in [5.74, 6) is -1.57. The number of benzene rings is 3. The van der Waals surface area contributed by atoms with Crippen molar-refractivity contribution in [3.8, 4) is 0 Å². The maximum atomic E-state index is 14.3. The van der Waals surface area contributed by atoms with Gasteiger partial charge in [-0.2, -0.15) is 0 Å². The summed E-state index contributed by atoms with van der Waals surface area (Å²) in [5, 5.41) is 9.07. The third kappa shape index (κ3) is 7.00. The third-order valence-electron chi connectivity index (χ3n) is 8.86. The molecule has 0 spiro atoms. The molecule has 9 nitrogen and oxygen atoms in total. The molecular weight excluding hydrogens is 554 g/mol. The molecule has 2 heterocycles. The van der Waals surface area contributed by atoms with Crippen LogP contribution in [-0.4, -0.2) is 59.2 Å². The van der Waals surface area contributed by atoms with E-state index in [4.69, 9.17) is 5.73 Å². The first-order valence-electron chi connectivity index (χ1n) is 15.5. The number of nitrogens with two attached hydrogens (primary N) is 1. The molecule has 2 aliphatic rings. The zero-order valence-corrected chi connectivity index (χ0v) is 25.0. The van der Waals surface area contributed by atoms with Crippen molar-refractivity contribution < 1.29 is 19.2 Å². The first-order valence-corrected chi connectivity index (χ1v) is 15.5. The van der Waals surface area contributed by atoms with Crippen LogP contribution in [0.4, 0.5) is 0 Å². The molecule has 0 radical (unpaired) electrons. The fraction of sp³-hybridized carbons (Fsp3) is 0.371. The zero-order chi connectivity index (χ0) is 31.1. The van der Waals surface area contributed by atoms with E-state index in [-0.39, 0.29) is 42.3 Å². The first-order chi connectivity index (χ1) is 21.4. The maximum absolute atomic E-state index is 14.3. The van der Waals surface area contributed by atoms with Crippen molar-refractivity contribution in [1.82, 2.24) is 20.9 Å². The molecule has 0 bridgehead atoms. The Hall–Kier alpha value is -4.50. The molecular formula is C35H41N5O4. The SMILES string of the molecule is CC[C@H](N)C(=O)NC1C(=O)N2C(CCC1CNC(=O)c1ccccc1)CCC2C(=O)NC(c1ccccc1)c1ccccc1. The Morgan fingerprint density at radius 2 is 1.41 bits per heavy atom. The van der Waals surface area contributed by atoms with Gasteiger partial charge in [0, 0.05) is 24.1 Å². The average Bonchev–Trinajstić information content (AvgIpc) is 3.45. The van der Waals surface area contributed by atoms with Gasteiger partial charge < -0.3 is 26.6 Å². The highest BCUT2D eigenvalue weighted by atomic mass is 16.2. The van der Waals surface area contributed by atoms with Crippen LogP contribution >= 0.6 is 0 Å². The van der Waals surface area contributed by atoms with Crippen molar-refractivity contribution in [2.24, 2.45) is 11.7 Å². The quantitative estimate of drug-likeness (QED) is 0.285. The minimum Gasteiger partial charge on any atom is -0.352 e. The Kier molecular flexibility index (Phi) is 10.1. The number of carbonyl (C=O) groups excluding carboxylic acids is 4.